The van der Waals surface area contributed by atoms with E-state index in [1.807, 2.05) is 34.6 Å². The van der Waals surface area contributed by atoms with Crippen LogP contribution in [0, 0.1) is 18.2 Å². The number of nitrogen functional groups attached to an aromatic ring is 1. The molecule has 200 valence electrons. The van der Waals surface area contributed by atoms with Gasteiger partial charge >= 0.3 is 5.76 Å². The highest BCUT2D eigenvalue weighted by Gasteiger charge is 2.20. The topological polar surface area (TPSA) is 96.0 Å². The minimum absolute atomic E-state index is 0.0930. The molecular formula is C27H34F3N5OS. The summed E-state index contributed by atoms with van der Waals surface area (Å²) in [4.78, 5) is 4.21. The van der Waals surface area contributed by atoms with Gasteiger partial charge in [0.1, 0.15) is 23.5 Å². The Bertz CT molecular complexity index is 1190. The van der Waals surface area contributed by atoms with Crippen molar-refractivity contribution in [2.24, 2.45) is 0 Å². The third-order valence-corrected chi connectivity index (χ3v) is 5.67. The van der Waals surface area contributed by atoms with Crippen molar-refractivity contribution >= 4 is 34.9 Å². The molecule has 10 heteroatoms. The molecule has 0 aliphatic heterocycles. The predicted octanol–water partition coefficient (Wildman–Crippen LogP) is 7.80. The van der Waals surface area contributed by atoms with Gasteiger partial charge in [-0.2, -0.15) is 8.78 Å². The number of rotatable bonds is 10. The number of nitrogens with two attached hydrogens (primary N) is 1. The summed E-state index contributed by atoms with van der Waals surface area (Å²) in [6.45, 7) is 11.6. The fourth-order valence-corrected chi connectivity index (χ4v) is 3.84. The van der Waals surface area contributed by atoms with Crippen LogP contribution in [0.3, 0.4) is 0 Å². The van der Waals surface area contributed by atoms with Crippen molar-refractivity contribution in [3.63, 3.8) is 0 Å². The number of nitrogens with one attached hydrogen (secondary N) is 3. The lowest BCUT2D eigenvalue weighted by atomic mass is 9.98. The Hall–Kier alpha value is -3.40. The van der Waals surface area contributed by atoms with Gasteiger partial charge in [0, 0.05) is 29.8 Å². The first-order valence-electron chi connectivity index (χ1n) is 11.9. The molecule has 0 spiro atoms. The molecule has 0 amide bonds. The average Bonchev–Trinajstić information content (AvgIpc) is 2.86. The van der Waals surface area contributed by atoms with E-state index in [0.29, 0.717) is 28.1 Å². The molecule has 0 aliphatic carbocycles. The van der Waals surface area contributed by atoms with Gasteiger partial charge in [-0.05, 0) is 63.1 Å². The van der Waals surface area contributed by atoms with Crippen molar-refractivity contribution in [2.75, 3.05) is 15.8 Å². The van der Waals surface area contributed by atoms with Gasteiger partial charge in [-0.1, -0.05) is 32.0 Å². The molecule has 6 nitrogen and oxygen atoms in total. The zero-order valence-corrected chi connectivity index (χ0v) is 22.6. The molecule has 0 bridgehead atoms. The second-order valence-electron chi connectivity index (χ2n) is 8.25. The van der Waals surface area contributed by atoms with Gasteiger partial charge in [-0.25, -0.2) is 9.37 Å². The molecular weight excluding hydrogens is 499 g/mol. The summed E-state index contributed by atoms with van der Waals surface area (Å²) in [5.41, 5.74) is 9.74. The average molecular weight is 534 g/mol. The molecule has 3 aromatic rings. The number of halogens is 3. The number of nitrogens with zero attached hydrogens (tertiary/aromatic N) is 1. The van der Waals surface area contributed by atoms with E-state index < -0.39 is 11.9 Å². The first-order valence-corrected chi connectivity index (χ1v) is 12.8. The van der Waals surface area contributed by atoms with Crippen molar-refractivity contribution < 1.29 is 17.9 Å². The lowest BCUT2D eigenvalue weighted by Gasteiger charge is -2.21. The normalized spacial score (nSPS) is 11.5. The third kappa shape index (κ3) is 8.04. The summed E-state index contributed by atoms with van der Waals surface area (Å²) in [6.07, 6.45) is 1.13. The lowest BCUT2D eigenvalue weighted by Crippen LogP contribution is -2.18. The number of hydrogen-bond acceptors (Lipinski definition) is 7. The van der Waals surface area contributed by atoms with Crippen LogP contribution in [0.1, 0.15) is 63.0 Å². The van der Waals surface area contributed by atoms with Crippen LogP contribution >= 0.6 is 11.9 Å². The largest absolute Gasteiger partial charge is 0.484 e. The van der Waals surface area contributed by atoms with E-state index in [2.05, 4.69) is 15.0 Å². The monoisotopic (exact) mass is 533 g/mol. The van der Waals surface area contributed by atoms with Gasteiger partial charge in [0.25, 0.3) is 0 Å². The van der Waals surface area contributed by atoms with Gasteiger partial charge < -0.3 is 20.5 Å². The van der Waals surface area contributed by atoms with E-state index in [4.69, 9.17) is 15.9 Å². The van der Waals surface area contributed by atoms with Gasteiger partial charge in [-0.15, -0.1) is 0 Å². The molecule has 5 N–H and O–H groups in total. The van der Waals surface area contributed by atoms with E-state index in [0.717, 1.165) is 5.56 Å². The second-order valence-corrected chi connectivity index (χ2v) is 9.05. The number of benzene rings is 2. The second kappa shape index (κ2) is 13.8. The molecule has 3 rings (SSSR count). The first-order chi connectivity index (χ1) is 17.6. The number of hydrogen-bond donors (Lipinski definition) is 4. The highest BCUT2D eigenvalue weighted by Crippen LogP contribution is 2.35. The number of alkyl halides is 2. The summed E-state index contributed by atoms with van der Waals surface area (Å²) in [7, 11) is 0. The number of ether oxygens (including phenoxy) is 1. The Kier molecular flexibility index (Phi) is 11.1. The minimum Gasteiger partial charge on any atom is -0.484 e. The van der Waals surface area contributed by atoms with Gasteiger partial charge in [-0.3, -0.25) is 5.41 Å². The number of pyridine rings is 1. The van der Waals surface area contributed by atoms with E-state index in [1.54, 1.807) is 43.5 Å². The maximum Gasteiger partial charge on any atom is 0.302 e. The molecule has 0 fully saturated rings. The fourth-order valence-electron chi connectivity index (χ4n) is 3.45. The smallest absolute Gasteiger partial charge is 0.302 e. The number of anilines is 3. The summed E-state index contributed by atoms with van der Waals surface area (Å²) in [6, 6.07) is 10.7. The summed E-state index contributed by atoms with van der Waals surface area (Å²) < 4.78 is 47.7. The van der Waals surface area contributed by atoms with Crippen LogP contribution in [0.4, 0.5) is 30.4 Å². The number of aryl methyl sites for hydroxylation is 1. The molecule has 0 saturated carbocycles. The maximum atomic E-state index is 13.3. The van der Waals surface area contributed by atoms with E-state index in [9.17, 15) is 13.2 Å². The maximum absolute atomic E-state index is 13.3. The van der Waals surface area contributed by atoms with Crippen molar-refractivity contribution in [1.29, 1.82) is 5.41 Å². The van der Waals surface area contributed by atoms with Crippen molar-refractivity contribution in [1.82, 2.24) is 4.98 Å². The Morgan fingerprint density at radius 2 is 1.73 bits per heavy atom. The minimum atomic E-state index is -2.64. The number of aromatic nitrogens is 1. The molecule has 0 aliphatic rings. The molecule has 0 radical (unpaired) electrons. The molecule has 1 aromatic heterocycles. The quantitative estimate of drug-likeness (QED) is 0.157. The summed E-state index contributed by atoms with van der Waals surface area (Å²) in [5.74, 6) is -2.56. The summed E-state index contributed by atoms with van der Waals surface area (Å²) in [5, 5.41) is 12.2. The van der Waals surface area contributed by atoms with Crippen molar-refractivity contribution in [3.8, 4) is 5.75 Å². The highest BCUT2D eigenvalue weighted by molar-refractivity contribution is 8.00. The zero-order valence-electron chi connectivity index (χ0n) is 21.8. The molecule has 37 heavy (non-hydrogen) atoms. The van der Waals surface area contributed by atoms with E-state index >= 15 is 0 Å². The van der Waals surface area contributed by atoms with Crippen LogP contribution < -0.4 is 20.5 Å². The van der Waals surface area contributed by atoms with Crippen LogP contribution in [0.5, 0.6) is 5.75 Å². The molecule has 1 heterocycles. The van der Waals surface area contributed by atoms with Crippen LogP contribution in [0.2, 0.25) is 0 Å². The van der Waals surface area contributed by atoms with Gasteiger partial charge in [0.2, 0.25) is 0 Å². The molecule has 1 atom stereocenters. The van der Waals surface area contributed by atoms with Crippen LogP contribution in [0.25, 0.3) is 0 Å². The van der Waals surface area contributed by atoms with Crippen LogP contribution in [-0.4, -0.2) is 22.5 Å². The molecule has 2 aromatic carbocycles. The van der Waals surface area contributed by atoms with Gasteiger partial charge in [0.15, 0.2) is 0 Å². The fraction of sp³-hybridized carbons (Fsp3) is 0.333. The van der Waals surface area contributed by atoms with Gasteiger partial charge in [0.05, 0.1) is 22.6 Å². The molecule has 1 unspecified atom stereocenters. The van der Waals surface area contributed by atoms with Crippen LogP contribution in [0.15, 0.2) is 48.7 Å². The molecule has 0 saturated heterocycles. The van der Waals surface area contributed by atoms with Crippen LogP contribution in [-0.2, 0) is 0 Å². The lowest BCUT2D eigenvalue weighted by molar-refractivity contribution is 0.228. The van der Waals surface area contributed by atoms with E-state index in [1.165, 1.54) is 12.1 Å². The Labute approximate surface area is 220 Å². The first kappa shape index (κ1) is 29.8. The van der Waals surface area contributed by atoms with Crippen molar-refractivity contribution in [3.05, 3.63) is 76.7 Å². The SMILES string of the molecule is CC.Cc1cnc(N)c(C(=N)c2ccc(NSC(F)F)c(OC(C)c3ccc(F)cc3)c2)c1NC(C)C. The zero-order chi connectivity index (χ0) is 27.7. The predicted molar refractivity (Wildman–Crippen MR) is 149 cm³/mol. The standard InChI is InChI=1S/C25H28F3N5OS.C2H6/c1-13(2)32-23-14(3)12-31-24(30)21(23)22(29)17-7-10-19(33-35-25(27)28)20(11-17)34-15(4)16-5-8-18(26)9-6-16;1-2/h5-13,15,25,29,33H,1-4H3,(H3,30,31,32);1-2H3. The van der Waals surface area contributed by atoms with Crippen molar-refractivity contribution in [2.45, 2.75) is 59.4 Å². The Morgan fingerprint density at radius 3 is 2.32 bits per heavy atom. The van der Waals surface area contributed by atoms with E-state index in [-0.39, 0.29) is 41.1 Å². The highest BCUT2D eigenvalue weighted by atomic mass is 32.2. The Morgan fingerprint density at radius 1 is 1.08 bits per heavy atom. The third-order valence-electron chi connectivity index (χ3n) is 5.15. The Balaban J connectivity index is 0.00000235. The summed E-state index contributed by atoms with van der Waals surface area (Å²) >= 11 is 0.241.